The summed E-state index contributed by atoms with van der Waals surface area (Å²) >= 11 is 0. The van der Waals surface area contributed by atoms with Gasteiger partial charge in [-0.05, 0) is 42.7 Å². The quantitative estimate of drug-likeness (QED) is 0.446. The summed E-state index contributed by atoms with van der Waals surface area (Å²) in [6.45, 7) is 4.48. The average Bonchev–Trinajstić information content (AvgIpc) is 3.37. The van der Waals surface area contributed by atoms with E-state index in [1.54, 1.807) is 18.2 Å². The van der Waals surface area contributed by atoms with E-state index in [-0.39, 0.29) is 11.8 Å². The summed E-state index contributed by atoms with van der Waals surface area (Å²) in [7, 11) is 0. The molecule has 1 aromatic carbocycles. The predicted octanol–water partition coefficient (Wildman–Crippen LogP) is 3.22. The summed E-state index contributed by atoms with van der Waals surface area (Å²) in [5.74, 6) is -0.511. The molecule has 29 heavy (non-hydrogen) atoms. The highest BCUT2D eigenvalue weighted by molar-refractivity contribution is 6.02. The third kappa shape index (κ3) is 5.54. The van der Waals surface area contributed by atoms with Crippen molar-refractivity contribution in [1.82, 2.24) is 25.7 Å². The molecule has 0 spiro atoms. The first kappa shape index (κ1) is 20.3. The van der Waals surface area contributed by atoms with Gasteiger partial charge >= 0.3 is 0 Å². The van der Waals surface area contributed by atoms with Gasteiger partial charge < -0.3 is 10.6 Å². The van der Waals surface area contributed by atoms with Gasteiger partial charge in [0.25, 0.3) is 11.8 Å². The van der Waals surface area contributed by atoms with Gasteiger partial charge in [-0.1, -0.05) is 38.8 Å². The number of aromatic nitrogens is 4. The Morgan fingerprint density at radius 1 is 0.897 bits per heavy atom. The van der Waals surface area contributed by atoms with E-state index in [1.165, 1.54) is 0 Å². The number of carbonyl (C=O) groups excluding carboxylic acids is 2. The van der Waals surface area contributed by atoms with Crippen molar-refractivity contribution in [2.45, 2.75) is 46.1 Å². The van der Waals surface area contributed by atoms with Crippen molar-refractivity contribution in [3.63, 3.8) is 0 Å². The first-order chi connectivity index (χ1) is 14.1. The first-order valence-electron chi connectivity index (χ1n) is 9.86. The van der Waals surface area contributed by atoms with Crippen LogP contribution in [0.3, 0.4) is 0 Å². The lowest BCUT2D eigenvalue weighted by Gasteiger charge is -2.07. The molecule has 152 valence electrons. The molecule has 8 heteroatoms. The molecule has 0 aliphatic heterocycles. The van der Waals surface area contributed by atoms with Crippen LogP contribution in [0.25, 0.3) is 0 Å². The Balaban J connectivity index is 1.57. The second-order valence-electron chi connectivity index (χ2n) is 6.89. The molecule has 3 aromatic rings. The Kier molecular flexibility index (Phi) is 6.78. The minimum absolute atomic E-state index is 0.238. The van der Waals surface area contributed by atoms with E-state index in [2.05, 4.69) is 44.9 Å². The number of rotatable bonds is 9. The van der Waals surface area contributed by atoms with Crippen LogP contribution in [0.15, 0.2) is 36.4 Å². The highest BCUT2D eigenvalue weighted by Gasteiger charge is 2.12. The van der Waals surface area contributed by atoms with E-state index >= 15 is 0 Å². The number of hydrogen-bond donors (Lipinski definition) is 4. The second kappa shape index (κ2) is 9.68. The van der Waals surface area contributed by atoms with Crippen LogP contribution in [0, 0.1) is 0 Å². The van der Waals surface area contributed by atoms with Crippen molar-refractivity contribution in [2.75, 3.05) is 5.32 Å². The molecule has 2 amide bonds. The van der Waals surface area contributed by atoms with Crippen molar-refractivity contribution >= 4 is 17.5 Å². The number of hydrogen-bond acceptors (Lipinski definition) is 4. The lowest BCUT2D eigenvalue weighted by atomic mass is 10.2. The van der Waals surface area contributed by atoms with Crippen molar-refractivity contribution in [3.05, 3.63) is 64.7 Å². The van der Waals surface area contributed by atoms with Crippen LogP contribution in [0.2, 0.25) is 0 Å². The zero-order valence-electron chi connectivity index (χ0n) is 16.7. The first-order valence-corrected chi connectivity index (χ1v) is 9.86. The summed E-state index contributed by atoms with van der Waals surface area (Å²) in [6.07, 6.45) is 3.68. The maximum absolute atomic E-state index is 12.4. The fourth-order valence-electron chi connectivity index (χ4n) is 2.98. The number of nitrogens with one attached hydrogen (secondary N) is 4. The average molecular weight is 394 g/mol. The maximum atomic E-state index is 12.4. The molecule has 0 radical (unpaired) electrons. The van der Waals surface area contributed by atoms with Gasteiger partial charge in [-0.2, -0.15) is 10.2 Å². The zero-order chi connectivity index (χ0) is 20.6. The van der Waals surface area contributed by atoms with Crippen molar-refractivity contribution in [2.24, 2.45) is 0 Å². The van der Waals surface area contributed by atoms with Crippen molar-refractivity contribution in [1.29, 1.82) is 0 Å². The fraction of sp³-hybridized carbons (Fsp3) is 0.333. The Bertz CT molecular complexity index is 975. The number of carbonyl (C=O) groups is 2. The highest BCUT2D eigenvalue weighted by atomic mass is 16.2. The third-order valence-corrected chi connectivity index (χ3v) is 4.40. The molecule has 4 N–H and O–H groups in total. The number of benzene rings is 1. The minimum atomic E-state index is -0.273. The van der Waals surface area contributed by atoms with E-state index in [1.807, 2.05) is 18.2 Å². The molecule has 0 unspecified atom stereocenters. The SMILES string of the molecule is CCCc1cc(C(=O)NCc2cccc(NC(=O)c3cc(CCC)[nH]n3)c2)n[nH]1. The van der Waals surface area contributed by atoms with Gasteiger partial charge in [-0.3, -0.25) is 19.8 Å². The number of anilines is 1. The molecule has 0 saturated carbocycles. The number of nitrogens with zero attached hydrogens (tertiary/aromatic N) is 2. The minimum Gasteiger partial charge on any atom is -0.347 e. The van der Waals surface area contributed by atoms with Crippen LogP contribution in [0.1, 0.15) is 64.6 Å². The predicted molar refractivity (Wildman–Crippen MR) is 111 cm³/mol. The fourth-order valence-corrected chi connectivity index (χ4v) is 2.98. The van der Waals surface area contributed by atoms with Crippen molar-refractivity contribution in [3.8, 4) is 0 Å². The zero-order valence-corrected chi connectivity index (χ0v) is 16.7. The topological polar surface area (TPSA) is 116 Å². The molecular formula is C21H26N6O2. The van der Waals surface area contributed by atoms with Gasteiger partial charge in [0.15, 0.2) is 5.69 Å². The molecule has 0 atom stereocenters. The smallest absolute Gasteiger partial charge is 0.276 e. The van der Waals surface area contributed by atoms with E-state index in [0.717, 1.165) is 42.6 Å². The highest BCUT2D eigenvalue weighted by Crippen LogP contribution is 2.13. The maximum Gasteiger partial charge on any atom is 0.276 e. The molecule has 3 rings (SSSR count). The van der Waals surface area contributed by atoms with Crippen LogP contribution in [0.5, 0.6) is 0 Å². The Hall–Kier alpha value is -3.42. The van der Waals surface area contributed by atoms with Crippen LogP contribution < -0.4 is 10.6 Å². The molecule has 0 bridgehead atoms. The summed E-state index contributed by atoms with van der Waals surface area (Å²) in [4.78, 5) is 24.6. The van der Waals surface area contributed by atoms with E-state index in [9.17, 15) is 9.59 Å². The van der Waals surface area contributed by atoms with Gasteiger partial charge in [0.2, 0.25) is 0 Å². The molecule has 0 fully saturated rings. The van der Waals surface area contributed by atoms with Crippen LogP contribution in [-0.2, 0) is 19.4 Å². The summed E-state index contributed by atoms with van der Waals surface area (Å²) in [5, 5.41) is 19.5. The summed E-state index contributed by atoms with van der Waals surface area (Å²) in [5.41, 5.74) is 4.13. The Morgan fingerprint density at radius 3 is 2.14 bits per heavy atom. The molecule has 0 aliphatic carbocycles. The van der Waals surface area contributed by atoms with E-state index in [4.69, 9.17) is 0 Å². The molecule has 0 aliphatic rings. The molecule has 8 nitrogen and oxygen atoms in total. The van der Waals surface area contributed by atoms with Gasteiger partial charge in [-0.15, -0.1) is 0 Å². The van der Waals surface area contributed by atoms with Gasteiger partial charge in [0, 0.05) is 23.6 Å². The van der Waals surface area contributed by atoms with Gasteiger partial charge in [0.05, 0.1) is 0 Å². The van der Waals surface area contributed by atoms with Gasteiger partial charge in [-0.25, -0.2) is 0 Å². The third-order valence-electron chi connectivity index (χ3n) is 4.40. The molecular weight excluding hydrogens is 368 g/mol. The standard InChI is InChI=1S/C21H26N6O2/c1-3-6-16-11-18(26-24-16)20(28)22-13-14-8-5-9-15(10-14)23-21(29)19-12-17(7-4-2)25-27-19/h5,8-12H,3-4,6-7,13H2,1-2H3,(H,22,28)(H,23,29)(H,24,26)(H,25,27). The number of H-pyrrole nitrogens is 2. The lowest BCUT2D eigenvalue weighted by Crippen LogP contribution is -2.23. The normalized spacial score (nSPS) is 10.7. The monoisotopic (exact) mass is 394 g/mol. The van der Waals surface area contributed by atoms with E-state index in [0.29, 0.717) is 23.6 Å². The Labute approximate surface area is 169 Å². The largest absolute Gasteiger partial charge is 0.347 e. The van der Waals surface area contributed by atoms with Gasteiger partial charge in [0.1, 0.15) is 5.69 Å². The summed E-state index contributed by atoms with van der Waals surface area (Å²) < 4.78 is 0. The van der Waals surface area contributed by atoms with E-state index < -0.39 is 0 Å². The Morgan fingerprint density at radius 2 is 1.52 bits per heavy atom. The number of amides is 2. The van der Waals surface area contributed by atoms with Crippen LogP contribution in [0.4, 0.5) is 5.69 Å². The molecule has 2 heterocycles. The number of aryl methyl sites for hydroxylation is 2. The summed E-state index contributed by atoms with van der Waals surface area (Å²) in [6, 6.07) is 10.9. The number of aromatic amines is 2. The lowest BCUT2D eigenvalue weighted by molar-refractivity contribution is 0.0945. The van der Waals surface area contributed by atoms with Crippen molar-refractivity contribution < 1.29 is 9.59 Å². The molecule has 0 saturated heterocycles. The second-order valence-corrected chi connectivity index (χ2v) is 6.89. The molecule has 2 aromatic heterocycles. The van der Waals surface area contributed by atoms with Crippen LogP contribution >= 0.6 is 0 Å². The van der Waals surface area contributed by atoms with Crippen LogP contribution in [-0.4, -0.2) is 32.2 Å².